The minimum Gasteiger partial charge on any atom is -0.355 e. The molecule has 3 aromatic heterocycles. The van der Waals surface area contributed by atoms with Gasteiger partial charge in [0, 0.05) is 24.2 Å². The van der Waals surface area contributed by atoms with Crippen molar-refractivity contribution in [3.8, 4) is 0 Å². The number of hydrogen-bond donors (Lipinski definition) is 0. The molecule has 0 unspecified atom stereocenters. The normalized spacial score (nSPS) is 16.8. The molecule has 4 heterocycles. The van der Waals surface area contributed by atoms with E-state index in [1.165, 1.54) is 28.5 Å². The van der Waals surface area contributed by atoms with Crippen LogP contribution in [0.4, 0.5) is 5.82 Å². The number of pyridine rings is 1. The molecule has 22 heavy (non-hydrogen) atoms. The Morgan fingerprint density at radius 3 is 2.73 bits per heavy atom. The van der Waals surface area contributed by atoms with E-state index in [1.54, 1.807) is 17.7 Å². The summed E-state index contributed by atoms with van der Waals surface area (Å²) in [7, 11) is 0. The highest BCUT2D eigenvalue weighted by atomic mass is 32.1. The lowest BCUT2D eigenvalue weighted by Gasteiger charge is -2.31. The highest BCUT2D eigenvalue weighted by molar-refractivity contribution is 7.26. The van der Waals surface area contributed by atoms with Gasteiger partial charge in [-0.15, -0.1) is 11.3 Å². The van der Waals surface area contributed by atoms with Crippen LogP contribution < -0.4 is 4.90 Å². The smallest absolute Gasteiger partial charge is 0.150 e. The monoisotopic (exact) mass is 312 g/mol. The molecule has 0 aromatic carbocycles. The minimum absolute atomic E-state index is 0.822. The molecule has 1 fully saturated rings. The molecule has 0 radical (unpaired) electrons. The summed E-state index contributed by atoms with van der Waals surface area (Å²) in [6.45, 7) is 8.71. The van der Waals surface area contributed by atoms with Gasteiger partial charge in [-0.05, 0) is 44.2 Å². The predicted octanol–water partition coefficient (Wildman–Crippen LogP) is 4.09. The Morgan fingerprint density at radius 2 is 1.95 bits per heavy atom. The highest BCUT2D eigenvalue weighted by Crippen LogP contribution is 2.38. The van der Waals surface area contributed by atoms with Crippen LogP contribution >= 0.6 is 11.3 Å². The van der Waals surface area contributed by atoms with Gasteiger partial charge in [0.15, 0.2) is 0 Å². The molecule has 0 aliphatic carbocycles. The van der Waals surface area contributed by atoms with Crippen molar-refractivity contribution in [2.75, 3.05) is 18.0 Å². The first-order valence-electron chi connectivity index (χ1n) is 7.90. The van der Waals surface area contributed by atoms with Crippen LogP contribution in [0.3, 0.4) is 0 Å². The van der Waals surface area contributed by atoms with E-state index in [2.05, 4.69) is 41.7 Å². The maximum absolute atomic E-state index is 4.70. The first-order valence-corrected chi connectivity index (χ1v) is 8.71. The molecule has 3 aromatic rings. The predicted molar refractivity (Wildman–Crippen MR) is 92.8 cm³/mol. The highest BCUT2D eigenvalue weighted by Gasteiger charge is 2.21. The first-order chi connectivity index (χ1) is 10.6. The third-order valence-electron chi connectivity index (χ3n) is 4.62. The summed E-state index contributed by atoms with van der Waals surface area (Å²) >= 11 is 1.73. The lowest BCUT2D eigenvalue weighted by molar-refractivity contribution is 0.437. The molecule has 0 bridgehead atoms. The fourth-order valence-corrected chi connectivity index (χ4v) is 4.61. The van der Waals surface area contributed by atoms with Crippen LogP contribution in [0.15, 0.2) is 12.4 Å². The Morgan fingerprint density at radius 1 is 1.18 bits per heavy atom. The van der Waals surface area contributed by atoms with Gasteiger partial charge in [-0.3, -0.25) is 0 Å². The van der Waals surface area contributed by atoms with E-state index in [-0.39, 0.29) is 0 Å². The number of aromatic nitrogens is 3. The molecular formula is C17H20N4S. The summed E-state index contributed by atoms with van der Waals surface area (Å²) in [5, 5.41) is 1.19. The fraction of sp³-hybridized carbons (Fsp3) is 0.471. The average Bonchev–Trinajstić information content (AvgIpc) is 2.86. The van der Waals surface area contributed by atoms with E-state index in [0.29, 0.717) is 0 Å². The van der Waals surface area contributed by atoms with Crippen LogP contribution in [0.25, 0.3) is 20.4 Å². The van der Waals surface area contributed by atoms with Gasteiger partial charge in [-0.25, -0.2) is 15.0 Å². The van der Waals surface area contributed by atoms with Gasteiger partial charge in [0.25, 0.3) is 0 Å². The summed E-state index contributed by atoms with van der Waals surface area (Å²) in [4.78, 5) is 17.4. The maximum atomic E-state index is 4.70. The Kier molecular flexibility index (Phi) is 3.26. The zero-order chi connectivity index (χ0) is 15.3. The second-order valence-electron chi connectivity index (χ2n) is 6.41. The molecule has 0 N–H and O–H groups in total. The minimum atomic E-state index is 0.822. The quantitative estimate of drug-likeness (QED) is 0.678. The molecule has 114 valence electrons. The molecule has 4 rings (SSSR count). The van der Waals surface area contributed by atoms with Crippen molar-refractivity contribution in [2.45, 2.75) is 33.6 Å². The number of fused-ring (bicyclic) bond motifs is 3. The van der Waals surface area contributed by atoms with Gasteiger partial charge in [-0.2, -0.15) is 0 Å². The second kappa shape index (κ2) is 5.16. The Balaban J connectivity index is 1.91. The van der Waals surface area contributed by atoms with Crippen molar-refractivity contribution >= 4 is 37.6 Å². The number of piperidine rings is 1. The van der Waals surface area contributed by atoms with Crippen molar-refractivity contribution in [2.24, 2.45) is 5.92 Å². The number of thiophene rings is 1. The zero-order valence-corrected chi connectivity index (χ0v) is 14.1. The van der Waals surface area contributed by atoms with Crippen molar-refractivity contribution < 1.29 is 0 Å². The number of nitrogens with zero attached hydrogens (tertiary/aromatic N) is 4. The van der Waals surface area contributed by atoms with Gasteiger partial charge in [-0.1, -0.05) is 6.92 Å². The fourth-order valence-electron chi connectivity index (χ4n) is 3.34. The molecule has 5 heteroatoms. The molecule has 4 nitrogen and oxygen atoms in total. The van der Waals surface area contributed by atoms with Gasteiger partial charge < -0.3 is 4.90 Å². The number of anilines is 1. The summed E-state index contributed by atoms with van der Waals surface area (Å²) in [5.41, 5.74) is 3.39. The van der Waals surface area contributed by atoms with E-state index in [1.807, 2.05) is 0 Å². The Labute approximate surface area is 134 Å². The number of hydrogen-bond acceptors (Lipinski definition) is 5. The largest absolute Gasteiger partial charge is 0.355 e. The summed E-state index contributed by atoms with van der Waals surface area (Å²) < 4.78 is 1.19. The van der Waals surface area contributed by atoms with Crippen molar-refractivity contribution in [1.82, 2.24) is 15.0 Å². The lowest BCUT2D eigenvalue weighted by atomic mass is 9.99. The van der Waals surface area contributed by atoms with Crippen LogP contribution in [0.2, 0.25) is 0 Å². The third kappa shape index (κ3) is 2.15. The van der Waals surface area contributed by atoms with Crippen LogP contribution in [0.1, 0.15) is 31.0 Å². The molecule has 1 aliphatic heterocycles. The van der Waals surface area contributed by atoms with E-state index >= 15 is 0 Å². The third-order valence-corrected chi connectivity index (χ3v) is 5.68. The van der Waals surface area contributed by atoms with Crippen LogP contribution in [0.5, 0.6) is 0 Å². The zero-order valence-electron chi connectivity index (χ0n) is 13.3. The van der Waals surface area contributed by atoms with Crippen LogP contribution in [-0.4, -0.2) is 28.0 Å². The van der Waals surface area contributed by atoms with E-state index < -0.39 is 0 Å². The van der Waals surface area contributed by atoms with E-state index in [9.17, 15) is 0 Å². The summed E-state index contributed by atoms with van der Waals surface area (Å²) in [6.07, 6.45) is 4.20. The Bertz CT molecular complexity index is 847. The second-order valence-corrected chi connectivity index (χ2v) is 7.41. The SMILES string of the molecule is Cc1cc(C)c2c(n1)sc1c(N3CCC(C)CC3)ncnc12. The molecular weight excluding hydrogens is 292 g/mol. The van der Waals surface area contributed by atoms with Crippen molar-refractivity contribution in [3.63, 3.8) is 0 Å². The lowest BCUT2D eigenvalue weighted by Crippen LogP contribution is -2.33. The molecule has 1 saturated heterocycles. The van der Waals surface area contributed by atoms with Crippen molar-refractivity contribution in [3.05, 3.63) is 23.7 Å². The molecule has 0 saturated carbocycles. The van der Waals surface area contributed by atoms with Crippen LogP contribution in [-0.2, 0) is 0 Å². The molecule has 1 aliphatic rings. The number of aryl methyl sites for hydroxylation is 2. The van der Waals surface area contributed by atoms with E-state index in [4.69, 9.17) is 4.98 Å². The van der Waals surface area contributed by atoms with Gasteiger partial charge in [0.05, 0.1) is 10.2 Å². The Hall–Kier alpha value is -1.75. The summed E-state index contributed by atoms with van der Waals surface area (Å²) in [6, 6.07) is 2.14. The van der Waals surface area contributed by atoms with Gasteiger partial charge >= 0.3 is 0 Å². The molecule has 0 spiro atoms. The number of rotatable bonds is 1. The maximum Gasteiger partial charge on any atom is 0.150 e. The topological polar surface area (TPSA) is 41.9 Å². The van der Waals surface area contributed by atoms with Crippen molar-refractivity contribution in [1.29, 1.82) is 0 Å². The van der Waals surface area contributed by atoms with Crippen LogP contribution in [0, 0.1) is 19.8 Å². The van der Waals surface area contributed by atoms with Gasteiger partial charge in [0.1, 0.15) is 17.0 Å². The van der Waals surface area contributed by atoms with E-state index in [0.717, 1.165) is 40.9 Å². The first kappa shape index (κ1) is 13.9. The molecule has 0 amide bonds. The summed E-state index contributed by atoms with van der Waals surface area (Å²) in [5.74, 6) is 1.92. The average molecular weight is 312 g/mol. The standard InChI is InChI=1S/C17H20N4S/c1-10-4-6-21(7-5-10)16-15-14(18-9-19-16)13-11(2)8-12(3)20-17(13)22-15/h8-10H,4-7H2,1-3H3. The molecule has 0 atom stereocenters. The van der Waals surface area contributed by atoms with Gasteiger partial charge in [0.2, 0.25) is 0 Å².